The summed E-state index contributed by atoms with van der Waals surface area (Å²) in [5.74, 6) is -0.743. The Kier molecular flexibility index (Phi) is 4.42. The summed E-state index contributed by atoms with van der Waals surface area (Å²) in [6.07, 6.45) is 0.600. The van der Waals surface area contributed by atoms with Gasteiger partial charge in [0.1, 0.15) is 5.75 Å². The van der Waals surface area contributed by atoms with Crippen molar-refractivity contribution in [2.75, 3.05) is 13.7 Å². The van der Waals surface area contributed by atoms with Gasteiger partial charge in [0.25, 0.3) is 5.69 Å². The first kappa shape index (κ1) is 15.2. The van der Waals surface area contributed by atoms with Crippen LogP contribution >= 0.6 is 0 Å². The average Bonchev–Trinajstić information content (AvgIpc) is 2.80. The predicted molar refractivity (Wildman–Crippen MR) is 75.3 cm³/mol. The Morgan fingerprint density at radius 2 is 2.24 bits per heavy atom. The summed E-state index contributed by atoms with van der Waals surface area (Å²) in [5.41, 5.74) is 0.727. The topological polar surface area (TPSA) is 92.9 Å². The van der Waals surface area contributed by atoms with E-state index in [1.54, 1.807) is 6.07 Å². The number of carboxylic acid groups (broad SMARTS) is 1. The van der Waals surface area contributed by atoms with Gasteiger partial charge in [0, 0.05) is 18.7 Å². The van der Waals surface area contributed by atoms with Crippen LogP contribution in [0.3, 0.4) is 0 Å². The van der Waals surface area contributed by atoms with E-state index in [2.05, 4.69) is 0 Å². The SMILES string of the molecule is COc1cc(CN2CCC(C(=O)O)C2C)cc([N+](=O)[O-])c1. The molecular formula is C14H18N2O5. The highest BCUT2D eigenvalue weighted by atomic mass is 16.6. The zero-order valence-electron chi connectivity index (χ0n) is 12.0. The smallest absolute Gasteiger partial charge is 0.308 e. The number of rotatable bonds is 5. The molecule has 2 unspecified atom stereocenters. The zero-order valence-corrected chi connectivity index (χ0v) is 12.0. The lowest BCUT2D eigenvalue weighted by Gasteiger charge is -2.23. The average molecular weight is 294 g/mol. The van der Waals surface area contributed by atoms with Crippen LogP contribution in [-0.2, 0) is 11.3 Å². The molecule has 1 aliphatic rings. The molecule has 0 spiro atoms. The van der Waals surface area contributed by atoms with E-state index in [4.69, 9.17) is 9.84 Å². The summed E-state index contributed by atoms with van der Waals surface area (Å²) in [6.45, 7) is 3.02. The van der Waals surface area contributed by atoms with Crippen LogP contribution in [0.15, 0.2) is 18.2 Å². The van der Waals surface area contributed by atoms with Gasteiger partial charge in [0.15, 0.2) is 0 Å². The first-order valence-electron chi connectivity index (χ1n) is 6.71. The predicted octanol–water partition coefficient (Wildman–Crippen LogP) is 1.90. The molecule has 0 amide bonds. The van der Waals surface area contributed by atoms with Gasteiger partial charge in [-0.3, -0.25) is 19.8 Å². The molecule has 114 valence electrons. The Balaban J connectivity index is 2.18. The number of hydrogen-bond acceptors (Lipinski definition) is 5. The number of likely N-dealkylation sites (tertiary alicyclic amines) is 1. The number of nitro benzene ring substituents is 1. The summed E-state index contributed by atoms with van der Waals surface area (Å²) in [6, 6.07) is 4.53. The van der Waals surface area contributed by atoms with Gasteiger partial charge < -0.3 is 9.84 Å². The van der Waals surface area contributed by atoms with Crippen molar-refractivity contribution in [2.24, 2.45) is 5.92 Å². The van der Waals surface area contributed by atoms with E-state index in [1.165, 1.54) is 19.2 Å². The van der Waals surface area contributed by atoms with Gasteiger partial charge in [-0.25, -0.2) is 0 Å². The summed E-state index contributed by atoms with van der Waals surface area (Å²) in [7, 11) is 1.46. The van der Waals surface area contributed by atoms with E-state index in [-0.39, 0.29) is 17.6 Å². The third-order valence-corrected chi connectivity index (χ3v) is 3.99. The van der Waals surface area contributed by atoms with Crippen molar-refractivity contribution in [2.45, 2.75) is 25.9 Å². The lowest BCUT2D eigenvalue weighted by atomic mass is 10.0. The Bertz CT molecular complexity index is 560. The highest BCUT2D eigenvalue weighted by molar-refractivity contribution is 5.71. The molecule has 1 aromatic carbocycles. The number of aliphatic carboxylic acids is 1. The lowest BCUT2D eigenvalue weighted by Crippen LogP contribution is -2.32. The monoisotopic (exact) mass is 294 g/mol. The van der Waals surface area contributed by atoms with E-state index in [0.29, 0.717) is 25.3 Å². The molecule has 7 heteroatoms. The Morgan fingerprint density at radius 3 is 2.76 bits per heavy atom. The molecule has 1 saturated heterocycles. The van der Waals surface area contributed by atoms with Crippen molar-refractivity contribution >= 4 is 11.7 Å². The maximum absolute atomic E-state index is 11.1. The molecule has 0 radical (unpaired) electrons. The standard InChI is InChI=1S/C14H18N2O5/c1-9-13(14(17)18)3-4-15(9)8-10-5-11(16(19)20)7-12(6-10)21-2/h5-7,9,13H,3-4,8H2,1-2H3,(H,17,18). The summed E-state index contributed by atoms with van der Waals surface area (Å²) in [5, 5.41) is 20.1. The van der Waals surface area contributed by atoms with Gasteiger partial charge in [-0.15, -0.1) is 0 Å². The van der Waals surface area contributed by atoms with E-state index < -0.39 is 10.9 Å². The number of carbonyl (C=O) groups is 1. The molecule has 1 heterocycles. The third-order valence-electron chi connectivity index (χ3n) is 3.99. The molecule has 1 aromatic rings. The van der Waals surface area contributed by atoms with Crippen LogP contribution in [-0.4, -0.2) is 40.6 Å². The van der Waals surface area contributed by atoms with Crippen LogP contribution in [0.1, 0.15) is 18.9 Å². The Labute approximate surface area is 122 Å². The van der Waals surface area contributed by atoms with Gasteiger partial charge in [-0.2, -0.15) is 0 Å². The lowest BCUT2D eigenvalue weighted by molar-refractivity contribution is -0.385. The number of nitrogens with zero attached hydrogens (tertiary/aromatic N) is 2. The molecule has 1 N–H and O–H groups in total. The quantitative estimate of drug-likeness (QED) is 0.658. The van der Waals surface area contributed by atoms with Gasteiger partial charge in [0.2, 0.25) is 0 Å². The number of nitro groups is 1. The van der Waals surface area contributed by atoms with Crippen molar-refractivity contribution in [1.29, 1.82) is 0 Å². The van der Waals surface area contributed by atoms with E-state index in [9.17, 15) is 14.9 Å². The highest BCUT2D eigenvalue weighted by Crippen LogP contribution is 2.28. The van der Waals surface area contributed by atoms with Crippen molar-refractivity contribution in [3.05, 3.63) is 33.9 Å². The number of non-ortho nitro benzene ring substituents is 1. The minimum absolute atomic E-state index is 0.0222. The fraction of sp³-hybridized carbons (Fsp3) is 0.500. The molecule has 21 heavy (non-hydrogen) atoms. The molecule has 0 bridgehead atoms. The molecule has 1 fully saturated rings. The van der Waals surface area contributed by atoms with Crippen molar-refractivity contribution in [3.63, 3.8) is 0 Å². The van der Waals surface area contributed by atoms with Crippen LogP contribution in [0.4, 0.5) is 5.69 Å². The molecule has 2 rings (SSSR count). The number of carboxylic acids is 1. The second-order valence-electron chi connectivity index (χ2n) is 5.24. The second kappa shape index (κ2) is 6.09. The second-order valence-corrected chi connectivity index (χ2v) is 5.24. The molecule has 0 aromatic heterocycles. The fourth-order valence-corrected chi connectivity index (χ4v) is 2.75. The van der Waals surface area contributed by atoms with E-state index in [0.717, 1.165) is 5.56 Å². The number of ether oxygens (including phenoxy) is 1. The third kappa shape index (κ3) is 3.30. The number of benzene rings is 1. The van der Waals surface area contributed by atoms with Crippen LogP contribution in [0.25, 0.3) is 0 Å². The largest absolute Gasteiger partial charge is 0.496 e. The van der Waals surface area contributed by atoms with Gasteiger partial charge >= 0.3 is 5.97 Å². The summed E-state index contributed by atoms with van der Waals surface area (Å²) < 4.78 is 5.08. The molecule has 0 saturated carbocycles. The van der Waals surface area contributed by atoms with Crippen LogP contribution in [0.2, 0.25) is 0 Å². The van der Waals surface area contributed by atoms with Gasteiger partial charge in [0.05, 0.1) is 24.0 Å². The molecule has 0 aliphatic carbocycles. The number of hydrogen-bond donors (Lipinski definition) is 1. The maximum Gasteiger partial charge on any atom is 0.308 e. The van der Waals surface area contributed by atoms with Crippen LogP contribution in [0, 0.1) is 16.0 Å². The Morgan fingerprint density at radius 1 is 1.52 bits per heavy atom. The van der Waals surface area contributed by atoms with Crippen molar-refractivity contribution < 1.29 is 19.6 Å². The highest BCUT2D eigenvalue weighted by Gasteiger charge is 2.35. The zero-order chi connectivity index (χ0) is 15.6. The normalized spacial score (nSPS) is 22.2. The fourth-order valence-electron chi connectivity index (χ4n) is 2.75. The molecule has 2 atom stereocenters. The van der Waals surface area contributed by atoms with Crippen LogP contribution in [0.5, 0.6) is 5.75 Å². The van der Waals surface area contributed by atoms with Crippen LogP contribution < -0.4 is 4.74 Å². The van der Waals surface area contributed by atoms with E-state index in [1.807, 2.05) is 11.8 Å². The summed E-state index contributed by atoms with van der Waals surface area (Å²) >= 11 is 0. The van der Waals surface area contributed by atoms with Crippen molar-refractivity contribution in [1.82, 2.24) is 4.90 Å². The molecule has 1 aliphatic heterocycles. The molecule has 7 nitrogen and oxygen atoms in total. The first-order valence-corrected chi connectivity index (χ1v) is 6.71. The number of methoxy groups -OCH3 is 1. The molecular weight excluding hydrogens is 276 g/mol. The minimum atomic E-state index is -0.790. The van der Waals surface area contributed by atoms with Crippen molar-refractivity contribution in [3.8, 4) is 5.75 Å². The van der Waals surface area contributed by atoms with Gasteiger partial charge in [-0.1, -0.05) is 0 Å². The Hall–Kier alpha value is -2.15. The summed E-state index contributed by atoms with van der Waals surface area (Å²) in [4.78, 5) is 23.6. The van der Waals surface area contributed by atoms with Gasteiger partial charge in [-0.05, 0) is 31.5 Å². The first-order chi connectivity index (χ1) is 9.92. The van der Waals surface area contributed by atoms with E-state index >= 15 is 0 Å². The minimum Gasteiger partial charge on any atom is -0.496 e. The maximum atomic E-state index is 11.1.